The molecule has 1 aromatic heterocycles. The molecule has 1 N–H and O–H groups in total. The fourth-order valence-corrected chi connectivity index (χ4v) is 5.82. The van der Waals surface area contributed by atoms with Gasteiger partial charge in [-0.05, 0) is 80.3 Å². The number of carbonyl (C=O) groups is 3. The number of aliphatic carboxylic acids is 1. The summed E-state index contributed by atoms with van der Waals surface area (Å²) in [5, 5.41) is 15.6. The number of carboxylic acid groups (broad SMARTS) is 1. The van der Waals surface area contributed by atoms with Crippen LogP contribution >= 0.6 is 11.6 Å². The van der Waals surface area contributed by atoms with Crippen LogP contribution in [0, 0.1) is 5.41 Å². The zero-order valence-electron chi connectivity index (χ0n) is 21.9. The Hall–Kier alpha value is -3.49. The van der Waals surface area contributed by atoms with Gasteiger partial charge < -0.3 is 14.7 Å². The Morgan fingerprint density at radius 2 is 1.90 bits per heavy atom. The highest BCUT2D eigenvalue weighted by molar-refractivity contribution is 6.34. The summed E-state index contributed by atoms with van der Waals surface area (Å²) in [7, 11) is 1.63. The molecule has 0 radical (unpaired) electrons. The van der Waals surface area contributed by atoms with Crippen molar-refractivity contribution in [2.24, 2.45) is 5.41 Å². The van der Waals surface area contributed by atoms with Gasteiger partial charge in [0, 0.05) is 31.1 Å². The maximum absolute atomic E-state index is 14.1. The summed E-state index contributed by atoms with van der Waals surface area (Å²) in [5.41, 5.74) is 3.06. The lowest BCUT2D eigenvalue weighted by Gasteiger charge is -2.38. The Morgan fingerprint density at radius 3 is 2.54 bits per heavy atom. The highest BCUT2D eigenvalue weighted by Crippen LogP contribution is 2.44. The van der Waals surface area contributed by atoms with Crippen molar-refractivity contribution in [3.05, 3.63) is 69.9 Å². The number of hydrogen-bond donors (Lipinski definition) is 1. The lowest BCUT2D eigenvalue weighted by atomic mass is 9.76. The highest BCUT2D eigenvalue weighted by Gasteiger charge is 2.37. The van der Waals surface area contributed by atoms with Gasteiger partial charge in [0.25, 0.3) is 11.8 Å². The Bertz CT molecular complexity index is 1550. The van der Waals surface area contributed by atoms with E-state index in [0.29, 0.717) is 65.6 Å². The first-order valence-electron chi connectivity index (χ1n) is 13.3. The number of hydrogen-bond acceptors (Lipinski definition) is 5. The third-order valence-electron chi connectivity index (χ3n) is 8.43. The molecule has 6 rings (SSSR count). The van der Waals surface area contributed by atoms with Gasteiger partial charge in [0.2, 0.25) is 0 Å². The van der Waals surface area contributed by atoms with Crippen LogP contribution in [-0.4, -0.2) is 63.9 Å². The molecule has 1 saturated carbocycles. The van der Waals surface area contributed by atoms with E-state index in [0.717, 1.165) is 29.4 Å². The summed E-state index contributed by atoms with van der Waals surface area (Å²) in [5.74, 6) is -0.980. The second kappa shape index (κ2) is 9.61. The van der Waals surface area contributed by atoms with Crippen LogP contribution in [-0.2, 0) is 9.53 Å². The van der Waals surface area contributed by atoms with E-state index in [2.05, 4.69) is 0 Å². The SMILES string of the molecule is COC1CN(C(=O)c2ccc3c(C4=CCC(C)(C(=O)O)CC4)nn(C(=O)c4c(Cl)cccc4C4CC4)c3c2)C1. The molecule has 1 unspecified atom stereocenters. The van der Waals surface area contributed by atoms with Crippen LogP contribution in [0.5, 0.6) is 0 Å². The zero-order chi connectivity index (χ0) is 27.5. The Kier molecular flexibility index (Phi) is 6.35. The fraction of sp³-hybridized carbons (Fsp3) is 0.400. The molecular weight excluding hydrogens is 518 g/mol. The summed E-state index contributed by atoms with van der Waals surface area (Å²) in [4.78, 5) is 40.8. The topological polar surface area (TPSA) is 102 Å². The average Bonchev–Trinajstić information content (AvgIpc) is 3.68. The number of nitrogens with zero attached hydrogens (tertiary/aromatic N) is 3. The number of fused-ring (bicyclic) bond motifs is 1. The van der Waals surface area contributed by atoms with Crippen molar-refractivity contribution < 1.29 is 24.2 Å². The van der Waals surface area contributed by atoms with E-state index in [1.807, 2.05) is 24.3 Å². The number of likely N-dealkylation sites (tertiary alicyclic amines) is 1. The Labute approximate surface area is 231 Å². The van der Waals surface area contributed by atoms with Gasteiger partial charge in [0.1, 0.15) is 0 Å². The number of amides is 1. The molecule has 2 aliphatic carbocycles. The molecule has 1 saturated heterocycles. The van der Waals surface area contributed by atoms with Crippen molar-refractivity contribution in [3.63, 3.8) is 0 Å². The maximum atomic E-state index is 14.1. The van der Waals surface area contributed by atoms with Crippen molar-refractivity contribution in [1.82, 2.24) is 14.7 Å². The van der Waals surface area contributed by atoms with E-state index in [4.69, 9.17) is 21.4 Å². The first-order valence-corrected chi connectivity index (χ1v) is 13.7. The number of benzene rings is 2. The fourth-order valence-electron chi connectivity index (χ4n) is 5.55. The number of methoxy groups -OCH3 is 1. The largest absolute Gasteiger partial charge is 0.481 e. The minimum atomic E-state index is -0.828. The molecule has 2 aromatic carbocycles. The number of carboxylic acids is 1. The first kappa shape index (κ1) is 25.8. The number of halogens is 1. The van der Waals surface area contributed by atoms with Crippen molar-refractivity contribution >= 4 is 45.9 Å². The van der Waals surface area contributed by atoms with E-state index < -0.39 is 11.4 Å². The molecular formula is C30H30ClN3O5. The van der Waals surface area contributed by atoms with Crippen molar-refractivity contribution in [1.29, 1.82) is 0 Å². The van der Waals surface area contributed by atoms with Gasteiger partial charge in [-0.25, -0.2) is 0 Å². The third-order valence-corrected chi connectivity index (χ3v) is 8.75. The quantitative estimate of drug-likeness (QED) is 0.444. The predicted molar refractivity (Wildman–Crippen MR) is 147 cm³/mol. The molecule has 8 nitrogen and oxygen atoms in total. The summed E-state index contributed by atoms with van der Waals surface area (Å²) in [6.07, 6.45) is 5.35. The number of allylic oxidation sites excluding steroid dienone is 2. The van der Waals surface area contributed by atoms with Crippen LogP contribution in [0.25, 0.3) is 16.5 Å². The lowest BCUT2D eigenvalue weighted by Crippen LogP contribution is -2.54. The molecule has 1 atom stereocenters. The number of ether oxygens (including phenoxy) is 1. The van der Waals surface area contributed by atoms with E-state index in [9.17, 15) is 19.5 Å². The van der Waals surface area contributed by atoms with Gasteiger partial charge in [-0.15, -0.1) is 0 Å². The average molecular weight is 548 g/mol. The molecule has 3 aromatic rings. The van der Waals surface area contributed by atoms with Gasteiger partial charge >= 0.3 is 5.97 Å². The standard InChI is InChI=1S/C30H30ClN3O5/c1-30(29(37)38)12-10-18(11-13-30)26-22-9-8-19(27(35)33-15-20(16-33)39-2)14-24(22)34(32-26)28(36)25-21(17-6-7-17)4-3-5-23(25)31/h3-5,8-10,14,17,20H,6-7,11-13,15-16H2,1-2H3,(H,37,38). The van der Waals surface area contributed by atoms with E-state index in [1.54, 1.807) is 37.1 Å². The number of rotatable bonds is 6. The molecule has 202 valence electrons. The maximum Gasteiger partial charge on any atom is 0.309 e. The number of carbonyl (C=O) groups excluding carboxylic acids is 2. The molecule has 9 heteroatoms. The van der Waals surface area contributed by atoms with Gasteiger partial charge in [-0.2, -0.15) is 9.78 Å². The summed E-state index contributed by atoms with van der Waals surface area (Å²) in [6.45, 7) is 2.80. The molecule has 3 aliphatic rings. The Balaban J connectivity index is 1.46. The van der Waals surface area contributed by atoms with E-state index in [1.165, 1.54) is 4.68 Å². The molecule has 1 amide bonds. The van der Waals surface area contributed by atoms with Gasteiger partial charge in [-0.1, -0.05) is 29.8 Å². The summed E-state index contributed by atoms with van der Waals surface area (Å²) >= 11 is 6.59. The Morgan fingerprint density at radius 1 is 1.13 bits per heavy atom. The third kappa shape index (κ3) is 4.45. The lowest BCUT2D eigenvalue weighted by molar-refractivity contribution is -0.148. The highest BCUT2D eigenvalue weighted by atomic mass is 35.5. The van der Waals surface area contributed by atoms with Gasteiger partial charge in [-0.3, -0.25) is 14.4 Å². The zero-order valence-corrected chi connectivity index (χ0v) is 22.7. The second-order valence-electron chi connectivity index (χ2n) is 11.1. The van der Waals surface area contributed by atoms with Crippen molar-refractivity contribution in [2.45, 2.75) is 51.0 Å². The van der Waals surface area contributed by atoms with Crippen LogP contribution in [0.3, 0.4) is 0 Å². The van der Waals surface area contributed by atoms with Crippen LogP contribution in [0.15, 0.2) is 42.5 Å². The van der Waals surface area contributed by atoms with Crippen molar-refractivity contribution in [2.75, 3.05) is 20.2 Å². The monoisotopic (exact) mass is 547 g/mol. The van der Waals surface area contributed by atoms with Crippen LogP contribution in [0.2, 0.25) is 5.02 Å². The van der Waals surface area contributed by atoms with Crippen LogP contribution < -0.4 is 0 Å². The second-order valence-corrected chi connectivity index (χ2v) is 11.6. The summed E-state index contributed by atoms with van der Waals surface area (Å²) in [6, 6.07) is 10.9. The number of aromatic nitrogens is 2. The molecule has 2 fully saturated rings. The molecule has 0 spiro atoms. The van der Waals surface area contributed by atoms with Crippen LogP contribution in [0.1, 0.15) is 76.9 Å². The molecule has 1 aliphatic heterocycles. The molecule has 39 heavy (non-hydrogen) atoms. The van der Waals surface area contributed by atoms with Crippen molar-refractivity contribution in [3.8, 4) is 0 Å². The minimum Gasteiger partial charge on any atom is -0.481 e. The smallest absolute Gasteiger partial charge is 0.309 e. The summed E-state index contributed by atoms with van der Waals surface area (Å²) < 4.78 is 6.68. The molecule has 2 heterocycles. The van der Waals surface area contributed by atoms with Crippen LogP contribution in [0.4, 0.5) is 0 Å². The minimum absolute atomic E-state index is 0.0344. The van der Waals surface area contributed by atoms with Gasteiger partial charge in [0.15, 0.2) is 0 Å². The van der Waals surface area contributed by atoms with E-state index in [-0.39, 0.29) is 17.9 Å². The van der Waals surface area contributed by atoms with Gasteiger partial charge in [0.05, 0.1) is 33.3 Å². The normalized spacial score (nSPS) is 21.5. The predicted octanol–water partition coefficient (Wildman–Crippen LogP) is 5.38. The van der Waals surface area contributed by atoms with E-state index >= 15 is 0 Å². The molecule has 0 bridgehead atoms. The first-order chi connectivity index (χ1) is 18.7.